The highest BCUT2D eigenvalue weighted by Crippen LogP contribution is 2.39. The number of hydrogen-bond acceptors (Lipinski definition) is 2. The van der Waals surface area contributed by atoms with Crippen molar-refractivity contribution in [2.45, 2.75) is 38.0 Å². The SMILES string of the molecule is O=C(C[C@H]1CC[C@H](c2cccc3ccncc32)CC1)Nc1ccc(Cl)cc1. The van der Waals surface area contributed by atoms with Crippen LogP contribution >= 0.6 is 11.6 Å². The Labute approximate surface area is 164 Å². The van der Waals surface area contributed by atoms with Crippen molar-refractivity contribution in [3.8, 4) is 0 Å². The van der Waals surface area contributed by atoms with Gasteiger partial charge in [0.15, 0.2) is 0 Å². The highest BCUT2D eigenvalue weighted by Gasteiger charge is 2.25. The number of carbonyl (C=O) groups is 1. The average molecular weight is 379 g/mol. The largest absolute Gasteiger partial charge is 0.326 e. The molecule has 1 amide bonds. The molecule has 0 unspecified atom stereocenters. The molecule has 138 valence electrons. The van der Waals surface area contributed by atoms with Crippen molar-refractivity contribution >= 4 is 34.0 Å². The molecule has 1 aromatic heterocycles. The standard InChI is InChI=1S/C23H23ClN2O/c24-19-8-10-20(11-9-19)26-23(27)14-16-4-6-18(7-5-16)21-3-1-2-17-12-13-25-15-22(17)21/h1-3,8-13,15-16,18H,4-7,14H2,(H,26,27)/t16-,18-. The predicted octanol–water partition coefficient (Wildman–Crippen LogP) is 6.19. The van der Waals surface area contributed by atoms with Crippen LogP contribution in [0.15, 0.2) is 60.9 Å². The second kappa shape index (κ2) is 8.10. The molecule has 1 aliphatic rings. The predicted molar refractivity (Wildman–Crippen MR) is 111 cm³/mol. The van der Waals surface area contributed by atoms with Gasteiger partial charge in [-0.25, -0.2) is 0 Å². The van der Waals surface area contributed by atoms with Gasteiger partial charge >= 0.3 is 0 Å². The normalized spacial score (nSPS) is 19.7. The molecule has 2 aromatic carbocycles. The summed E-state index contributed by atoms with van der Waals surface area (Å²) in [6, 6.07) is 15.9. The number of fused-ring (bicyclic) bond motifs is 1. The number of nitrogens with one attached hydrogen (secondary N) is 1. The first-order valence-corrected chi connectivity index (χ1v) is 9.95. The van der Waals surface area contributed by atoms with E-state index in [0.717, 1.165) is 31.4 Å². The van der Waals surface area contributed by atoms with Gasteiger partial charge in [0.1, 0.15) is 0 Å². The van der Waals surface area contributed by atoms with Gasteiger partial charge in [-0.2, -0.15) is 0 Å². The molecule has 4 heteroatoms. The Morgan fingerprint density at radius 2 is 1.81 bits per heavy atom. The highest BCUT2D eigenvalue weighted by atomic mass is 35.5. The van der Waals surface area contributed by atoms with E-state index in [9.17, 15) is 4.79 Å². The summed E-state index contributed by atoms with van der Waals surface area (Å²) in [5, 5.41) is 6.18. The van der Waals surface area contributed by atoms with Gasteiger partial charge in [-0.3, -0.25) is 9.78 Å². The van der Waals surface area contributed by atoms with Gasteiger partial charge < -0.3 is 5.32 Å². The number of hydrogen-bond donors (Lipinski definition) is 1. The molecule has 0 atom stereocenters. The molecule has 1 aliphatic carbocycles. The Kier molecular flexibility index (Phi) is 5.40. The molecule has 1 N–H and O–H groups in total. The van der Waals surface area contributed by atoms with Crippen LogP contribution in [-0.2, 0) is 4.79 Å². The highest BCUT2D eigenvalue weighted by molar-refractivity contribution is 6.30. The Morgan fingerprint density at radius 3 is 2.59 bits per heavy atom. The van der Waals surface area contributed by atoms with E-state index in [2.05, 4.69) is 34.6 Å². The van der Waals surface area contributed by atoms with Gasteiger partial charge in [0.05, 0.1) is 0 Å². The van der Waals surface area contributed by atoms with E-state index in [-0.39, 0.29) is 5.91 Å². The van der Waals surface area contributed by atoms with E-state index < -0.39 is 0 Å². The number of halogens is 1. The van der Waals surface area contributed by atoms with E-state index in [0.29, 0.717) is 23.3 Å². The monoisotopic (exact) mass is 378 g/mol. The van der Waals surface area contributed by atoms with E-state index in [1.807, 2.05) is 24.5 Å². The summed E-state index contributed by atoms with van der Waals surface area (Å²) in [6.07, 6.45) is 8.87. The van der Waals surface area contributed by atoms with Crippen molar-refractivity contribution in [3.63, 3.8) is 0 Å². The minimum Gasteiger partial charge on any atom is -0.326 e. The summed E-state index contributed by atoms with van der Waals surface area (Å²) in [5.41, 5.74) is 2.21. The fourth-order valence-electron chi connectivity index (χ4n) is 4.18. The minimum absolute atomic E-state index is 0.0927. The third-order valence-corrected chi connectivity index (χ3v) is 5.86. The van der Waals surface area contributed by atoms with Crippen LogP contribution in [0.2, 0.25) is 5.02 Å². The molecule has 0 bridgehead atoms. The first-order chi connectivity index (χ1) is 13.2. The Morgan fingerprint density at radius 1 is 1.04 bits per heavy atom. The van der Waals surface area contributed by atoms with Crippen molar-refractivity contribution in [1.82, 2.24) is 4.98 Å². The summed E-state index contributed by atoms with van der Waals surface area (Å²) in [7, 11) is 0. The van der Waals surface area contributed by atoms with Gasteiger partial charge in [-0.15, -0.1) is 0 Å². The molecule has 0 saturated heterocycles. The van der Waals surface area contributed by atoms with Crippen LogP contribution in [-0.4, -0.2) is 10.9 Å². The van der Waals surface area contributed by atoms with Crippen molar-refractivity contribution in [2.24, 2.45) is 5.92 Å². The maximum atomic E-state index is 12.3. The summed E-state index contributed by atoms with van der Waals surface area (Å²) >= 11 is 5.89. The molecular formula is C23H23ClN2O. The lowest BCUT2D eigenvalue weighted by Gasteiger charge is -2.29. The Balaban J connectivity index is 1.34. The Hall–Kier alpha value is -2.39. The number of carbonyl (C=O) groups excluding carboxylic acids is 1. The minimum atomic E-state index is 0.0927. The van der Waals surface area contributed by atoms with Crippen molar-refractivity contribution < 1.29 is 4.79 Å². The number of aromatic nitrogens is 1. The third kappa shape index (κ3) is 4.30. The maximum Gasteiger partial charge on any atom is 0.224 e. The summed E-state index contributed by atoms with van der Waals surface area (Å²) in [4.78, 5) is 16.6. The molecule has 4 rings (SSSR count). The zero-order valence-electron chi connectivity index (χ0n) is 15.2. The van der Waals surface area contributed by atoms with Crippen LogP contribution in [0.4, 0.5) is 5.69 Å². The van der Waals surface area contributed by atoms with Crippen LogP contribution in [0.3, 0.4) is 0 Å². The lowest BCUT2D eigenvalue weighted by molar-refractivity contribution is -0.117. The fraction of sp³-hybridized carbons (Fsp3) is 0.304. The quantitative estimate of drug-likeness (QED) is 0.588. The second-order valence-electron chi connectivity index (χ2n) is 7.42. The molecule has 3 aromatic rings. The lowest BCUT2D eigenvalue weighted by Crippen LogP contribution is -2.20. The van der Waals surface area contributed by atoms with Gasteiger partial charge in [0, 0.05) is 34.9 Å². The number of amides is 1. The van der Waals surface area contributed by atoms with Gasteiger partial charge in [-0.05, 0) is 78.8 Å². The molecule has 0 spiro atoms. The number of rotatable bonds is 4. The molecule has 1 saturated carbocycles. The van der Waals surface area contributed by atoms with E-state index in [1.165, 1.54) is 16.3 Å². The van der Waals surface area contributed by atoms with Crippen molar-refractivity contribution in [3.05, 3.63) is 71.5 Å². The molecule has 27 heavy (non-hydrogen) atoms. The molecule has 1 fully saturated rings. The average Bonchev–Trinajstić information content (AvgIpc) is 2.70. The maximum absolute atomic E-state index is 12.3. The second-order valence-corrected chi connectivity index (χ2v) is 7.86. The lowest BCUT2D eigenvalue weighted by atomic mass is 9.76. The van der Waals surface area contributed by atoms with Crippen LogP contribution in [0.25, 0.3) is 10.8 Å². The summed E-state index contributed by atoms with van der Waals surface area (Å²) in [5.74, 6) is 1.12. The number of benzene rings is 2. The molecule has 1 heterocycles. The van der Waals surface area contributed by atoms with Crippen LogP contribution in [0.1, 0.15) is 43.6 Å². The van der Waals surface area contributed by atoms with Crippen LogP contribution < -0.4 is 5.32 Å². The number of pyridine rings is 1. The molecular weight excluding hydrogens is 356 g/mol. The van der Waals surface area contributed by atoms with Crippen molar-refractivity contribution in [1.29, 1.82) is 0 Å². The van der Waals surface area contributed by atoms with E-state index in [4.69, 9.17) is 11.6 Å². The molecule has 0 aliphatic heterocycles. The number of anilines is 1. The zero-order valence-corrected chi connectivity index (χ0v) is 16.0. The van der Waals surface area contributed by atoms with Gasteiger partial charge in [0.25, 0.3) is 0 Å². The summed E-state index contributed by atoms with van der Waals surface area (Å²) < 4.78 is 0. The third-order valence-electron chi connectivity index (χ3n) is 5.61. The first-order valence-electron chi connectivity index (χ1n) is 9.57. The van der Waals surface area contributed by atoms with E-state index in [1.54, 1.807) is 12.1 Å². The van der Waals surface area contributed by atoms with Gasteiger partial charge in [-0.1, -0.05) is 29.8 Å². The van der Waals surface area contributed by atoms with Crippen molar-refractivity contribution in [2.75, 3.05) is 5.32 Å². The first kappa shape index (κ1) is 18.0. The van der Waals surface area contributed by atoms with Crippen LogP contribution in [0, 0.1) is 5.92 Å². The van der Waals surface area contributed by atoms with Crippen LogP contribution in [0.5, 0.6) is 0 Å². The summed E-state index contributed by atoms with van der Waals surface area (Å²) in [6.45, 7) is 0. The smallest absolute Gasteiger partial charge is 0.224 e. The molecule has 3 nitrogen and oxygen atoms in total. The molecule has 0 radical (unpaired) electrons. The topological polar surface area (TPSA) is 42.0 Å². The Bertz CT molecular complexity index is 925. The fourth-order valence-corrected chi connectivity index (χ4v) is 4.30. The van der Waals surface area contributed by atoms with E-state index >= 15 is 0 Å². The number of nitrogens with zero attached hydrogens (tertiary/aromatic N) is 1. The zero-order chi connectivity index (χ0) is 18.6. The van der Waals surface area contributed by atoms with Gasteiger partial charge in [0.2, 0.25) is 5.91 Å².